The number of nitrogens with zero attached hydrogens (tertiary/aromatic N) is 2. The van der Waals surface area contributed by atoms with E-state index in [2.05, 4.69) is 14.8 Å². The fraction of sp³-hybridized carbons (Fsp3) is 0.0667. The summed E-state index contributed by atoms with van der Waals surface area (Å²) in [6, 6.07) is 10.7. The maximum absolute atomic E-state index is 12.2. The van der Waals surface area contributed by atoms with Gasteiger partial charge < -0.3 is 10.1 Å². The molecule has 0 fully saturated rings. The molecule has 0 amide bonds. The van der Waals surface area contributed by atoms with Gasteiger partial charge in [0.1, 0.15) is 10.6 Å². The van der Waals surface area contributed by atoms with Gasteiger partial charge in [-0.2, -0.15) is 5.10 Å². The summed E-state index contributed by atoms with van der Waals surface area (Å²) in [5, 5.41) is 12.9. The van der Waals surface area contributed by atoms with Gasteiger partial charge in [-0.25, -0.2) is 13.2 Å². The van der Waals surface area contributed by atoms with Crippen LogP contribution in [-0.4, -0.2) is 34.3 Å². The minimum Gasteiger partial charge on any atom is -0.477 e. The Bertz CT molecular complexity index is 960. The Labute approximate surface area is 137 Å². The number of aromatic amines is 1. The topological polar surface area (TPSA) is 117 Å². The number of nitrogens with one attached hydrogen (secondary N) is 2. The van der Waals surface area contributed by atoms with E-state index in [9.17, 15) is 13.2 Å². The summed E-state index contributed by atoms with van der Waals surface area (Å²) >= 11 is 0. The largest absolute Gasteiger partial charge is 0.477 e. The van der Waals surface area contributed by atoms with Crippen LogP contribution in [0.5, 0.6) is 0 Å². The standard InChI is InChI=1S/C15H14N4O4S/c20-15(21)14-6-13(8-16-14)24(22,23)18-12-7-17-19(10-12)9-11-4-2-1-3-5-11/h1-8,10,16,18H,9H2,(H,20,21). The number of hydrogen-bond acceptors (Lipinski definition) is 4. The van der Waals surface area contributed by atoms with Crippen molar-refractivity contribution in [2.24, 2.45) is 0 Å². The molecule has 0 saturated carbocycles. The number of hydrogen-bond donors (Lipinski definition) is 3. The number of anilines is 1. The van der Waals surface area contributed by atoms with Crippen LogP contribution in [0.4, 0.5) is 5.69 Å². The van der Waals surface area contributed by atoms with Crippen LogP contribution in [0.1, 0.15) is 16.1 Å². The van der Waals surface area contributed by atoms with Crippen LogP contribution < -0.4 is 4.72 Å². The smallest absolute Gasteiger partial charge is 0.352 e. The molecule has 0 saturated heterocycles. The summed E-state index contributed by atoms with van der Waals surface area (Å²) in [5.74, 6) is -1.23. The first kappa shape index (κ1) is 15.8. The lowest BCUT2D eigenvalue weighted by molar-refractivity contribution is 0.0691. The monoisotopic (exact) mass is 346 g/mol. The fourth-order valence-corrected chi connectivity index (χ4v) is 3.16. The van der Waals surface area contributed by atoms with Gasteiger partial charge in [-0.05, 0) is 11.6 Å². The van der Waals surface area contributed by atoms with Gasteiger partial charge in [0.25, 0.3) is 10.0 Å². The first-order valence-corrected chi connectivity index (χ1v) is 8.43. The van der Waals surface area contributed by atoms with Gasteiger partial charge in [0, 0.05) is 12.4 Å². The molecule has 124 valence electrons. The lowest BCUT2D eigenvalue weighted by atomic mass is 10.2. The summed E-state index contributed by atoms with van der Waals surface area (Å²) in [6.45, 7) is 0.510. The molecule has 0 spiro atoms. The van der Waals surface area contributed by atoms with Gasteiger partial charge in [0.05, 0.1) is 18.4 Å². The molecule has 0 bridgehead atoms. The van der Waals surface area contributed by atoms with Crippen molar-refractivity contribution >= 4 is 21.7 Å². The second-order valence-electron chi connectivity index (χ2n) is 5.07. The van der Waals surface area contributed by atoms with Crippen LogP contribution >= 0.6 is 0 Å². The molecule has 0 aliphatic heterocycles. The quantitative estimate of drug-likeness (QED) is 0.629. The third-order valence-corrected chi connectivity index (χ3v) is 4.63. The number of sulfonamides is 1. The number of carboxylic acid groups (broad SMARTS) is 1. The Morgan fingerprint density at radius 2 is 2.04 bits per heavy atom. The fourth-order valence-electron chi connectivity index (χ4n) is 2.14. The molecule has 3 aromatic rings. The van der Waals surface area contributed by atoms with Crippen molar-refractivity contribution < 1.29 is 18.3 Å². The van der Waals surface area contributed by atoms with Crippen LogP contribution in [0.2, 0.25) is 0 Å². The van der Waals surface area contributed by atoms with Crippen molar-refractivity contribution in [1.82, 2.24) is 14.8 Å². The Hall–Kier alpha value is -3.07. The Morgan fingerprint density at radius 3 is 2.71 bits per heavy atom. The van der Waals surface area contributed by atoms with Crippen molar-refractivity contribution in [3.8, 4) is 0 Å². The predicted octanol–water partition coefficient (Wildman–Crippen LogP) is 1.76. The minimum atomic E-state index is -3.88. The highest BCUT2D eigenvalue weighted by Crippen LogP contribution is 2.17. The Balaban J connectivity index is 1.74. The molecule has 0 aliphatic rings. The third-order valence-electron chi connectivity index (χ3n) is 3.27. The molecule has 8 nitrogen and oxygen atoms in total. The van der Waals surface area contributed by atoms with E-state index in [0.29, 0.717) is 12.2 Å². The molecule has 3 rings (SSSR count). The van der Waals surface area contributed by atoms with Crippen LogP contribution in [0, 0.1) is 0 Å². The molecule has 9 heteroatoms. The van der Waals surface area contributed by atoms with Gasteiger partial charge in [-0.1, -0.05) is 30.3 Å². The zero-order valence-corrected chi connectivity index (χ0v) is 13.2. The van der Waals surface area contributed by atoms with Crippen molar-refractivity contribution in [2.75, 3.05) is 4.72 Å². The lowest BCUT2D eigenvalue weighted by Crippen LogP contribution is -2.11. The Morgan fingerprint density at radius 1 is 1.29 bits per heavy atom. The zero-order chi connectivity index (χ0) is 17.2. The molecule has 0 unspecified atom stereocenters. The van der Waals surface area contributed by atoms with Crippen molar-refractivity contribution in [1.29, 1.82) is 0 Å². The molecule has 2 aromatic heterocycles. The van der Waals surface area contributed by atoms with Crippen LogP contribution in [0.25, 0.3) is 0 Å². The average Bonchev–Trinajstić information content (AvgIpc) is 3.18. The van der Waals surface area contributed by atoms with E-state index < -0.39 is 16.0 Å². The molecule has 0 aliphatic carbocycles. The molecule has 0 radical (unpaired) electrons. The predicted molar refractivity (Wildman–Crippen MR) is 86.3 cm³/mol. The second kappa shape index (κ2) is 6.20. The lowest BCUT2D eigenvalue weighted by Gasteiger charge is -2.03. The molecule has 24 heavy (non-hydrogen) atoms. The van der Waals surface area contributed by atoms with E-state index in [1.54, 1.807) is 10.9 Å². The molecule has 0 atom stereocenters. The first-order chi connectivity index (χ1) is 11.4. The zero-order valence-electron chi connectivity index (χ0n) is 12.4. The number of aromatic carboxylic acids is 1. The van der Waals surface area contributed by atoms with E-state index in [1.807, 2.05) is 30.3 Å². The normalized spacial score (nSPS) is 11.3. The van der Waals surface area contributed by atoms with Gasteiger partial charge in [0.2, 0.25) is 0 Å². The van der Waals surface area contributed by atoms with Crippen LogP contribution in [0.15, 0.2) is 59.9 Å². The number of carboxylic acids is 1. The first-order valence-electron chi connectivity index (χ1n) is 6.95. The SMILES string of the molecule is O=C(O)c1cc(S(=O)(=O)Nc2cnn(Cc3ccccc3)c2)c[nH]1. The molecular formula is C15H14N4O4S. The van der Waals surface area contributed by atoms with Gasteiger partial charge >= 0.3 is 5.97 Å². The van der Waals surface area contributed by atoms with Crippen LogP contribution in [0.3, 0.4) is 0 Å². The third kappa shape index (κ3) is 3.46. The number of carbonyl (C=O) groups is 1. The second-order valence-corrected chi connectivity index (χ2v) is 6.75. The van der Waals surface area contributed by atoms with E-state index in [-0.39, 0.29) is 10.6 Å². The molecule has 3 N–H and O–H groups in total. The summed E-state index contributed by atoms with van der Waals surface area (Å²) in [6.07, 6.45) is 4.08. The van der Waals surface area contributed by atoms with Crippen LogP contribution in [-0.2, 0) is 16.6 Å². The Kier molecular flexibility index (Phi) is 4.09. The van der Waals surface area contributed by atoms with E-state index in [4.69, 9.17) is 5.11 Å². The van der Waals surface area contributed by atoms with Crippen molar-refractivity contribution in [3.63, 3.8) is 0 Å². The minimum absolute atomic E-state index is 0.157. The highest BCUT2D eigenvalue weighted by Gasteiger charge is 2.19. The summed E-state index contributed by atoms with van der Waals surface area (Å²) in [7, 11) is -3.88. The molecule has 1 aromatic carbocycles. The summed E-state index contributed by atoms with van der Waals surface area (Å²) in [5.41, 5.74) is 1.13. The highest BCUT2D eigenvalue weighted by atomic mass is 32.2. The highest BCUT2D eigenvalue weighted by molar-refractivity contribution is 7.92. The van der Waals surface area contributed by atoms with E-state index >= 15 is 0 Å². The molecular weight excluding hydrogens is 332 g/mol. The summed E-state index contributed by atoms with van der Waals surface area (Å²) in [4.78, 5) is 13.1. The number of H-pyrrole nitrogens is 1. The van der Waals surface area contributed by atoms with Crippen molar-refractivity contribution in [2.45, 2.75) is 11.4 Å². The van der Waals surface area contributed by atoms with Gasteiger partial charge in [-0.15, -0.1) is 0 Å². The average molecular weight is 346 g/mol. The van der Waals surface area contributed by atoms with Crippen molar-refractivity contribution in [3.05, 3.63) is 66.2 Å². The maximum atomic E-state index is 12.2. The van der Waals surface area contributed by atoms with E-state index in [1.165, 1.54) is 6.20 Å². The number of rotatable bonds is 6. The number of benzene rings is 1. The van der Waals surface area contributed by atoms with E-state index in [0.717, 1.165) is 17.8 Å². The van der Waals surface area contributed by atoms with Gasteiger partial charge in [-0.3, -0.25) is 9.40 Å². The molecule has 2 heterocycles. The van der Waals surface area contributed by atoms with Gasteiger partial charge in [0.15, 0.2) is 0 Å². The summed E-state index contributed by atoms with van der Waals surface area (Å²) < 4.78 is 28.5. The maximum Gasteiger partial charge on any atom is 0.352 e. The number of aromatic nitrogens is 3.